The fraction of sp³-hybridized carbons (Fsp3) is 0.800. The topological polar surface area (TPSA) is 15.3 Å². The van der Waals surface area contributed by atoms with E-state index in [0.717, 1.165) is 19.5 Å². The van der Waals surface area contributed by atoms with Crippen molar-refractivity contribution in [1.82, 2.24) is 10.2 Å². The van der Waals surface area contributed by atoms with Crippen LogP contribution in [0, 0.1) is 11.8 Å². The highest BCUT2D eigenvalue weighted by molar-refractivity contribution is 5.00. The number of likely N-dealkylation sites (tertiary alicyclic amines) is 1. The zero-order valence-electron chi connectivity index (χ0n) is 7.90. The van der Waals surface area contributed by atoms with E-state index in [1.807, 2.05) is 7.05 Å². The van der Waals surface area contributed by atoms with E-state index in [1.54, 1.807) is 0 Å². The number of hydrogen-bond donors (Lipinski definition) is 1. The Labute approximate surface area is 75.3 Å². The number of nitrogens with one attached hydrogen (secondary N) is 1. The Morgan fingerprint density at radius 3 is 2.67 bits per heavy atom. The van der Waals surface area contributed by atoms with E-state index in [0.29, 0.717) is 0 Å². The SMILES string of the molecule is CNCC#CCCN1CCCC1. The number of nitrogens with zero attached hydrogens (tertiary/aromatic N) is 1. The molecule has 1 N–H and O–H groups in total. The zero-order valence-corrected chi connectivity index (χ0v) is 7.90. The van der Waals surface area contributed by atoms with Crippen LogP contribution in [0.3, 0.4) is 0 Å². The lowest BCUT2D eigenvalue weighted by Gasteiger charge is -2.11. The fourth-order valence-corrected chi connectivity index (χ4v) is 1.46. The normalized spacial score (nSPS) is 17.4. The van der Waals surface area contributed by atoms with Crippen molar-refractivity contribution in [3.8, 4) is 11.8 Å². The van der Waals surface area contributed by atoms with Gasteiger partial charge < -0.3 is 10.2 Å². The van der Waals surface area contributed by atoms with Gasteiger partial charge in [0.15, 0.2) is 0 Å². The molecule has 0 radical (unpaired) electrons. The molecule has 68 valence electrons. The summed E-state index contributed by atoms with van der Waals surface area (Å²) in [5, 5.41) is 3.01. The quantitative estimate of drug-likeness (QED) is 0.621. The van der Waals surface area contributed by atoms with Gasteiger partial charge in [-0.25, -0.2) is 0 Å². The third-order valence-electron chi connectivity index (χ3n) is 2.14. The highest BCUT2D eigenvalue weighted by atomic mass is 15.1. The predicted molar refractivity (Wildman–Crippen MR) is 52.0 cm³/mol. The summed E-state index contributed by atoms with van der Waals surface area (Å²) in [5.41, 5.74) is 0. The first-order valence-electron chi connectivity index (χ1n) is 4.76. The van der Waals surface area contributed by atoms with Crippen LogP contribution < -0.4 is 5.32 Å². The maximum Gasteiger partial charge on any atom is 0.0574 e. The maximum atomic E-state index is 3.16. The van der Waals surface area contributed by atoms with Crippen molar-refractivity contribution >= 4 is 0 Å². The first kappa shape index (κ1) is 9.57. The predicted octanol–water partition coefficient (Wildman–Crippen LogP) is 0.695. The molecule has 0 unspecified atom stereocenters. The van der Waals surface area contributed by atoms with Gasteiger partial charge in [-0.15, -0.1) is 5.92 Å². The smallest absolute Gasteiger partial charge is 0.0574 e. The van der Waals surface area contributed by atoms with Crippen LogP contribution in [-0.4, -0.2) is 38.1 Å². The first-order valence-corrected chi connectivity index (χ1v) is 4.76. The molecular weight excluding hydrogens is 148 g/mol. The lowest BCUT2D eigenvalue weighted by atomic mass is 10.4. The summed E-state index contributed by atoms with van der Waals surface area (Å²) in [5.74, 6) is 6.23. The van der Waals surface area contributed by atoms with Crippen LogP contribution >= 0.6 is 0 Å². The van der Waals surface area contributed by atoms with Gasteiger partial charge in [-0.3, -0.25) is 0 Å². The molecule has 0 saturated carbocycles. The largest absolute Gasteiger partial charge is 0.309 e. The Hall–Kier alpha value is -0.520. The Kier molecular flexibility index (Phi) is 4.82. The third-order valence-corrected chi connectivity index (χ3v) is 2.14. The average molecular weight is 166 g/mol. The second kappa shape index (κ2) is 6.05. The maximum absolute atomic E-state index is 3.16. The van der Waals surface area contributed by atoms with E-state index in [9.17, 15) is 0 Å². The minimum atomic E-state index is 0.819. The minimum Gasteiger partial charge on any atom is -0.309 e. The van der Waals surface area contributed by atoms with Crippen LogP contribution in [-0.2, 0) is 0 Å². The van der Waals surface area contributed by atoms with E-state index in [-0.39, 0.29) is 0 Å². The molecule has 1 aliphatic heterocycles. The van der Waals surface area contributed by atoms with Crippen LogP contribution in [0.25, 0.3) is 0 Å². The summed E-state index contributed by atoms with van der Waals surface area (Å²) in [6.45, 7) is 4.55. The monoisotopic (exact) mass is 166 g/mol. The third kappa shape index (κ3) is 3.75. The molecular formula is C10H18N2. The van der Waals surface area contributed by atoms with Gasteiger partial charge in [0, 0.05) is 13.0 Å². The lowest BCUT2D eigenvalue weighted by molar-refractivity contribution is 0.348. The van der Waals surface area contributed by atoms with Crippen molar-refractivity contribution in [2.45, 2.75) is 19.3 Å². The van der Waals surface area contributed by atoms with E-state index in [4.69, 9.17) is 0 Å². The molecule has 0 aromatic rings. The average Bonchev–Trinajstić information content (AvgIpc) is 2.57. The van der Waals surface area contributed by atoms with Crippen molar-refractivity contribution in [2.75, 3.05) is 33.2 Å². The summed E-state index contributed by atoms with van der Waals surface area (Å²) >= 11 is 0. The van der Waals surface area contributed by atoms with Crippen molar-refractivity contribution in [1.29, 1.82) is 0 Å². The van der Waals surface area contributed by atoms with E-state index in [1.165, 1.54) is 25.9 Å². The summed E-state index contributed by atoms with van der Waals surface area (Å²) in [6.07, 6.45) is 3.79. The molecule has 0 aromatic carbocycles. The first-order chi connectivity index (χ1) is 5.93. The minimum absolute atomic E-state index is 0.819. The van der Waals surface area contributed by atoms with Gasteiger partial charge in [0.1, 0.15) is 0 Å². The summed E-state index contributed by atoms with van der Waals surface area (Å²) in [7, 11) is 1.93. The van der Waals surface area contributed by atoms with Gasteiger partial charge in [-0.05, 0) is 33.0 Å². The molecule has 0 atom stereocenters. The molecule has 0 aliphatic carbocycles. The van der Waals surface area contributed by atoms with Crippen LogP contribution in [0.2, 0.25) is 0 Å². The van der Waals surface area contributed by atoms with Crippen molar-refractivity contribution in [3.63, 3.8) is 0 Å². The number of rotatable bonds is 3. The van der Waals surface area contributed by atoms with Crippen LogP contribution in [0.4, 0.5) is 0 Å². The van der Waals surface area contributed by atoms with E-state index >= 15 is 0 Å². The van der Waals surface area contributed by atoms with Crippen LogP contribution in [0.15, 0.2) is 0 Å². The fourth-order valence-electron chi connectivity index (χ4n) is 1.46. The van der Waals surface area contributed by atoms with Crippen molar-refractivity contribution in [2.24, 2.45) is 0 Å². The molecule has 0 spiro atoms. The summed E-state index contributed by atoms with van der Waals surface area (Å²) in [4.78, 5) is 2.49. The lowest BCUT2D eigenvalue weighted by Crippen LogP contribution is -2.19. The van der Waals surface area contributed by atoms with Gasteiger partial charge in [0.05, 0.1) is 6.54 Å². The zero-order chi connectivity index (χ0) is 8.65. The second-order valence-corrected chi connectivity index (χ2v) is 3.18. The van der Waals surface area contributed by atoms with Crippen LogP contribution in [0.5, 0.6) is 0 Å². The van der Waals surface area contributed by atoms with Crippen LogP contribution in [0.1, 0.15) is 19.3 Å². The Morgan fingerprint density at radius 2 is 2.00 bits per heavy atom. The molecule has 0 amide bonds. The summed E-state index contributed by atoms with van der Waals surface area (Å²) in [6, 6.07) is 0. The van der Waals surface area contributed by atoms with E-state index < -0.39 is 0 Å². The molecule has 0 aromatic heterocycles. The molecule has 1 saturated heterocycles. The Balaban J connectivity index is 1.98. The highest BCUT2D eigenvalue weighted by Gasteiger charge is 2.09. The molecule has 1 heterocycles. The molecule has 12 heavy (non-hydrogen) atoms. The molecule has 1 rings (SSSR count). The molecule has 1 fully saturated rings. The van der Waals surface area contributed by atoms with Gasteiger partial charge in [-0.1, -0.05) is 5.92 Å². The van der Waals surface area contributed by atoms with Gasteiger partial charge in [0.2, 0.25) is 0 Å². The molecule has 2 nitrogen and oxygen atoms in total. The standard InChI is InChI=1S/C10H18N2/c1-11-7-3-2-4-8-12-9-5-6-10-12/h11H,4-10H2,1H3. The van der Waals surface area contributed by atoms with Gasteiger partial charge >= 0.3 is 0 Å². The van der Waals surface area contributed by atoms with Crippen molar-refractivity contribution in [3.05, 3.63) is 0 Å². The van der Waals surface area contributed by atoms with E-state index in [2.05, 4.69) is 22.1 Å². The van der Waals surface area contributed by atoms with Crippen molar-refractivity contribution < 1.29 is 0 Å². The highest BCUT2D eigenvalue weighted by Crippen LogP contribution is 2.06. The second-order valence-electron chi connectivity index (χ2n) is 3.18. The Morgan fingerprint density at radius 1 is 1.25 bits per heavy atom. The molecule has 1 aliphatic rings. The molecule has 0 bridgehead atoms. The van der Waals surface area contributed by atoms with Gasteiger partial charge in [-0.2, -0.15) is 0 Å². The molecule has 2 heteroatoms. The summed E-state index contributed by atoms with van der Waals surface area (Å²) < 4.78 is 0. The van der Waals surface area contributed by atoms with Gasteiger partial charge in [0.25, 0.3) is 0 Å². The Bertz CT molecular complexity index is 160. The number of hydrogen-bond acceptors (Lipinski definition) is 2.